The van der Waals surface area contributed by atoms with Gasteiger partial charge in [-0.25, -0.2) is 5.43 Å². The van der Waals surface area contributed by atoms with Crippen LogP contribution in [0.25, 0.3) is 11.3 Å². The highest BCUT2D eigenvalue weighted by atomic mass is 35.5. The molecule has 6 heteroatoms. The molecule has 0 aliphatic carbocycles. The van der Waals surface area contributed by atoms with Crippen molar-refractivity contribution in [1.29, 1.82) is 5.26 Å². The van der Waals surface area contributed by atoms with Crippen LogP contribution < -0.4 is 5.43 Å². The SMILES string of the molecule is N#CCC(=O)NN=Cc1cc(-c2ccccc2)oc1Cl. The number of furan rings is 1. The van der Waals surface area contributed by atoms with Crippen LogP contribution in [-0.2, 0) is 4.79 Å². The summed E-state index contributed by atoms with van der Waals surface area (Å²) in [5.74, 6) is 0.132. The van der Waals surface area contributed by atoms with Gasteiger partial charge in [-0.3, -0.25) is 4.79 Å². The van der Waals surface area contributed by atoms with Crippen LogP contribution in [0.1, 0.15) is 12.0 Å². The lowest BCUT2D eigenvalue weighted by Crippen LogP contribution is -2.16. The van der Waals surface area contributed by atoms with Crippen molar-refractivity contribution in [2.24, 2.45) is 5.10 Å². The smallest absolute Gasteiger partial charge is 0.254 e. The molecule has 0 fully saturated rings. The number of carbonyl (C=O) groups excluding carboxylic acids is 1. The Bertz CT molecular complexity index is 671. The summed E-state index contributed by atoms with van der Waals surface area (Å²) in [6.45, 7) is 0. The van der Waals surface area contributed by atoms with E-state index in [1.54, 1.807) is 12.1 Å². The van der Waals surface area contributed by atoms with E-state index in [2.05, 4.69) is 10.5 Å². The summed E-state index contributed by atoms with van der Waals surface area (Å²) in [5, 5.41) is 12.2. The van der Waals surface area contributed by atoms with Gasteiger partial charge >= 0.3 is 0 Å². The van der Waals surface area contributed by atoms with E-state index >= 15 is 0 Å². The number of halogens is 1. The molecule has 2 aromatic rings. The highest BCUT2D eigenvalue weighted by molar-refractivity contribution is 6.31. The molecule has 100 valence electrons. The molecule has 2 rings (SSSR count). The van der Waals surface area contributed by atoms with Gasteiger partial charge in [0.25, 0.3) is 5.91 Å². The van der Waals surface area contributed by atoms with E-state index in [9.17, 15) is 4.79 Å². The molecule has 1 aromatic carbocycles. The van der Waals surface area contributed by atoms with Crippen molar-refractivity contribution < 1.29 is 9.21 Å². The Morgan fingerprint density at radius 2 is 2.20 bits per heavy atom. The van der Waals surface area contributed by atoms with E-state index in [4.69, 9.17) is 21.3 Å². The van der Waals surface area contributed by atoms with Crippen LogP contribution in [0.5, 0.6) is 0 Å². The molecule has 0 bridgehead atoms. The third-order valence-corrected chi connectivity index (χ3v) is 2.70. The fourth-order valence-electron chi connectivity index (χ4n) is 1.50. The summed E-state index contributed by atoms with van der Waals surface area (Å²) in [6, 6.07) is 12.9. The minimum Gasteiger partial charge on any atom is -0.444 e. The summed E-state index contributed by atoms with van der Waals surface area (Å²) >= 11 is 5.95. The second-order valence-corrected chi connectivity index (χ2v) is 4.18. The molecule has 1 aromatic heterocycles. The number of benzene rings is 1. The second-order valence-electron chi connectivity index (χ2n) is 3.83. The van der Waals surface area contributed by atoms with E-state index < -0.39 is 5.91 Å². The third-order valence-electron chi connectivity index (χ3n) is 2.40. The molecule has 0 atom stereocenters. The largest absolute Gasteiger partial charge is 0.444 e. The average Bonchev–Trinajstić information content (AvgIpc) is 2.82. The Morgan fingerprint density at radius 3 is 2.90 bits per heavy atom. The second kappa shape index (κ2) is 6.55. The topological polar surface area (TPSA) is 78.4 Å². The van der Waals surface area contributed by atoms with Crippen LogP contribution in [-0.4, -0.2) is 12.1 Å². The zero-order valence-corrected chi connectivity index (χ0v) is 11.1. The van der Waals surface area contributed by atoms with Gasteiger partial charge in [0.15, 0.2) is 0 Å². The normalized spacial score (nSPS) is 10.4. The van der Waals surface area contributed by atoms with Gasteiger partial charge in [0.05, 0.1) is 17.8 Å². The van der Waals surface area contributed by atoms with Crippen LogP contribution in [0.15, 0.2) is 45.9 Å². The van der Waals surface area contributed by atoms with Crippen LogP contribution in [0.3, 0.4) is 0 Å². The van der Waals surface area contributed by atoms with Crippen molar-refractivity contribution in [3.8, 4) is 17.4 Å². The summed E-state index contributed by atoms with van der Waals surface area (Å²) in [5.41, 5.74) is 3.65. The van der Waals surface area contributed by atoms with Crippen molar-refractivity contribution in [3.63, 3.8) is 0 Å². The molecule has 1 amide bonds. The van der Waals surface area contributed by atoms with Gasteiger partial charge in [0.2, 0.25) is 5.22 Å². The zero-order chi connectivity index (χ0) is 14.4. The predicted octanol–water partition coefficient (Wildman–Crippen LogP) is 2.96. The van der Waals surface area contributed by atoms with Gasteiger partial charge in [0.1, 0.15) is 12.2 Å². The minimum atomic E-state index is -0.480. The van der Waals surface area contributed by atoms with E-state index in [-0.39, 0.29) is 11.6 Å². The molecule has 0 spiro atoms. The number of nitrogens with one attached hydrogen (secondary N) is 1. The molecule has 0 saturated carbocycles. The van der Waals surface area contributed by atoms with E-state index in [0.717, 1.165) is 5.56 Å². The lowest BCUT2D eigenvalue weighted by Gasteiger charge is -1.93. The number of carbonyl (C=O) groups is 1. The van der Waals surface area contributed by atoms with E-state index in [0.29, 0.717) is 11.3 Å². The highest BCUT2D eigenvalue weighted by Gasteiger charge is 2.09. The first-order valence-electron chi connectivity index (χ1n) is 5.74. The van der Waals surface area contributed by atoms with Crippen LogP contribution in [0.4, 0.5) is 0 Å². The van der Waals surface area contributed by atoms with Crippen molar-refractivity contribution in [3.05, 3.63) is 47.2 Å². The Balaban J connectivity index is 2.11. The molecule has 0 aliphatic rings. The Kier molecular flexibility index (Phi) is 4.53. The van der Waals surface area contributed by atoms with Gasteiger partial charge in [-0.15, -0.1) is 0 Å². The predicted molar refractivity (Wildman–Crippen MR) is 75.1 cm³/mol. The fourth-order valence-corrected chi connectivity index (χ4v) is 1.69. The average molecular weight is 288 g/mol. The van der Waals surface area contributed by atoms with Gasteiger partial charge in [0, 0.05) is 5.56 Å². The number of hydrogen-bond donors (Lipinski definition) is 1. The Hall–Kier alpha value is -2.58. The van der Waals surface area contributed by atoms with Gasteiger partial charge in [-0.05, 0) is 17.7 Å². The maximum absolute atomic E-state index is 11.0. The third kappa shape index (κ3) is 3.46. The number of rotatable bonds is 4. The summed E-state index contributed by atoms with van der Waals surface area (Å²) in [6.07, 6.45) is 1.12. The molecule has 0 saturated heterocycles. The van der Waals surface area contributed by atoms with Crippen molar-refractivity contribution >= 4 is 23.7 Å². The molecule has 0 aliphatic heterocycles. The van der Waals surface area contributed by atoms with Gasteiger partial charge in [-0.2, -0.15) is 10.4 Å². The maximum atomic E-state index is 11.0. The molecule has 1 heterocycles. The van der Waals surface area contributed by atoms with Crippen LogP contribution >= 0.6 is 11.6 Å². The minimum absolute atomic E-state index is 0.183. The standard InChI is InChI=1S/C14H10ClN3O2/c15-14-11(9-17-18-13(19)6-7-16)8-12(20-14)10-4-2-1-3-5-10/h1-5,8-9H,6H2,(H,18,19). The first-order valence-corrected chi connectivity index (χ1v) is 6.12. The number of nitrogens with zero attached hydrogens (tertiary/aromatic N) is 2. The van der Waals surface area contributed by atoms with Crippen molar-refractivity contribution in [1.82, 2.24) is 5.43 Å². The summed E-state index contributed by atoms with van der Waals surface area (Å²) in [7, 11) is 0. The Labute approximate surface area is 120 Å². The molecule has 0 unspecified atom stereocenters. The fraction of sp³-hybridized carbons (Fsp3) is 0.0714. The number of amides is 1. The van der Waals surface area contributed by atoms with E-state index in [1.807, 2.05) is 30.3 Å². The van der Waals surface area contributed by atoms with E-state index in [1.165, 1.54) is 6.21 Å². The van der Waals surface area contributed by atoms with Crippen LogP contribution in [0, 0.1) is 11.3 Å². The first kappa shape index (κ1) is 13.8. The molecule has 1 N–H and O–H groups in total. The number of nitriles is 1. The lowest BCUT2D eigenvalue weighted by atomic mass is 10.1. The molecular weight excluding hydrogens is 278 g/mol. The van der Waals surface area contributed by atoms with Crippen molar-refractivity contribution in [2.45, 2.75) is 6.42 Å². The van der Waals surface area contributed by atoms with Gasteiger partial charge < -0.3 is 4.42 Å². The monoisotopic (exact) mass is 287 g/mol. The van der Waals surface area contributed by atoms with Gasteiger partial charge in [-0.1, -0.05) is 30.3 Å². The highest BCUT2D eigenvalue weighted by Crippen LogP contribution is 2.27. The number of hydrazone groups is 1. The number of hydrogen-bond acceptors (Lipinski definition) is 4. The quantitative estimate of drug-likeness (QED) is 0.693. The molecular formula is C14H10ClN3O2. The van der Waals surface area contributed by atoms with Crippen LogP contribution in [0.2, 0.25) is 5.22 Å². The first-order chi connectivity index (χ1) is 9.70. The zero-order valence-electron chi connectivity index (χ0n) is 10.3. The Morgan fingerprint density at radius 1 is 1.45 bits per heavy atom. The summed E-state index contributed by atoms with van der Waals surface area (Å²) < 4.78 is 5.41. The lowest BCUT2D eigenvalue weighted by molar-refractivity contribution is -0.120. The summed E-state index contributed by atoms with van der Waals surface area (Å²) in [4.78, 5) is 11.0. The molecule has 0 radical (unpaired) electrons. The maximum Gasteiger partial charge on any atom is 0.254 e. The molecule has 5 nitrogen and oxygen atoms in total. The molecule has 20 heavy (non-hydrogen) atoms. The van der Waals surface area contributed by atoms with Crippen molar-refractivity contribution in [2.75, 3.05) is 0 Å².